The number of aromatic nitrogens is 1. The number of carbonyl (C=O) groups excluding carboxylic acids is 1. The first kappa shape index (κ1) is 17.8. The molecule has 2 amide bonds. The van der Waals surface area contributed by atoms with Crippen LogP contribution in [0.1, 0.15) is 5.69 Å². The number of ether oxygens (including phenoxy) is 2. The lowest BCUT2D eigenvalue weighted by atomic mass is 10.1. The van der Waals surface area contributed by atoms with Crippen LogP contribution >= 0.6 is 11.6 Å². The first-order valence-corrected chi connectivity index (χ1v) is 8.25. The van der Waals surface area contributed by atoms with E-state index in [4.69, 9.17) is 21.1 Å². The van der Waals surface area contributed by atoms with Gasteiger partial charge < -0.3 is 20.1 Å². The molecule has 0 radical (unpaired) electrons. The number of nitrogens with zero attached hydrogens (tertiary/aromatic N) is 1. The Bertz CT molecular complexity index is 970. The predicted octanol–water partition coefficient (Wildman–Crippen LogP) is 4.86. The van der Waals surface area contributed by atoms with Gasteiger partial charge in [0.25, 0.3) is 0 Å². The number of rotatable bonds is 4. The number of carbonyl (C=O) groups is 1. The number of aryl methyl sites for hydroxylation is 1. The van der Waals surface area contributed by atoms with Crippen LogP contribution in [0.25, 0.3) is 10.9 Å². The van der Waals surface area contributed by atoms with E-state index in [-0.39, 0.29) is 0 Å². The van der Waals surface area contributed by atoms with E-state index in [2.05, 4.69) is 15.6 Å². The number of benzene rings is 2. The zero-order valence-electron chi connectivity index (χ0n) is 14.6. The monoisotopic (exact) mass is 371 g/mol. The Balaban J connectivity index is 1.88. The highest BCUT2D eigenvalue weighted by Gasteiger charge is 2.12. The summed E-state index contributed by atoms with van der Waals surface area (Å²) in [5, 5.41) is 7.02. The van der Waals surface area contributed by atoms with E-state index in [1.165, 1.54) is 7.11 Å². The first-order valence-electron chi connectivity index (χ1n) is 7.87. The minimum absolute atomic E-state index is 0.404. The summed E-state index contributed by atoms with van der Waals surface area (Å²) < 4.78 is 10.5. The maximum atomic E-state index is 12.5. The third kappa shape index (κ3) is 3.81. The minimum atomic E-state index is -0.404. The summed E-state index contributed by atoms with van der Waals surface area (Å²) in [7, 11) is 3.09. The fourth-order valence-electron chi connectivity index (χ4n) is 2.63. The third-order valence-corrected chi connectivity index (χ3v) is 4.04. The van der Waals surface area contributed by atoms with Gasteiger partial charge in [-0.05, 0) is 43.3 Å². The second-order valence-electron chi connectivity index (χ2n) is 5.62. The molecule has 0 spiro atoms. The van der Waals surface area contributed by atoms with Gasteiger partial charge in [-0.3, -0.25) is 4.98 Å². The summed E-state index contributed by atoms with van der Waals surface area (Å²) >= 11 is 6.03. The molecule has 0 aliphatic rings. The van der Waals surface area contributed by atoms with E-state index in [1.54, 1.807) is 43.5 Å². The molecule has 7 heteroatoms. The van der Waals surface area contributed by atoms with Crippen LogP contribution in [0.5, 0.6) is 11.5 Å². The van der Waals surface area contributed by atoms with Gasteiger partial charge in [0.15, 0.2) is 0 Å². The van der Waals surface area contributed by atoms with Gasteiger partial charge in [0.2, 0.25) is 0 Å². The molecule has 0 atom stereocenters. The van der Waals surface area contributed by atoms with E-state index in [1.807, 2.05) is 13.0 Å². The maximum Gasteiger partial charge on any atom is 0.323 e. The van der Waals surface area contributed by atoms with Gasteiger partial charge in [-0.2, -0.15) is 0 Å². The van der Waals surface area contributed by atoms with Gasteiger partial charge in [0.1, 0.15) is 11.5 Å². The molecule has 3 rings (SSSR count). The van der Waals surface area contributed by atoms with E-state index in [9.17, 15) is 4.79 Å². The molecule has 0 unspecified atom stereocenters. The molecule has 0 aliphatic heterocycles. The van der Waals surface area contributed by atoms with Crippen molar-refractivity contribution in [1.29, 1.82) is 0 Å². The van der Waals surface area contributed by atoms with Crippen LogP contribution in [0.2, 0.25) is 5.02 Å². The molecule has 26 heavy (non-hydrogen) atoms. The van der Waals surface area contributed by atoms with Crippen LogP contribution in [-0.2, 0) is 0 Å². The van der Waals surface area contributed by atoms with Crippen LogP contribution < -0.4 is 20.1 Å². The minimum Gasteiger partial charge on any atom is -0.497 e. The zero-order valence-corrected chi connectivity index (χ0v) is 15.3. The smallest absolute Gasteiger partial charge is 0.323 e. The van der Waals surface area contributed by atoms with Crippen molar-refractivity contribution in [1.82, 2.24) is 4.98 Å². The molecule has 0 saturated carbocycles. The summed E-state index contributed by atoms with van der Waals surface area (Å²) in [6.07, 6.45) is 0. The molecular formula is C19H18ClN3O3. The number of amides is 2. The van der Waals surface area contributed by atoms with Crippen molar-refractivity contribution in [2.75, 3.05) is 24.9 Å². The Hall–Kier alpha value is -2.99. The molecule has 2 aromatic carbocycles. The SMILES string of the molecule is COc1ccc(OC)c(NC(=O)Nc2cc(C)nc3cc(Cl)ccc23)c1. The number of pyridine rings is 1. The van der Waals surface area contributed by atoms with Crippen LogP contribution in [0.4, 0.5) is 16.2 Å². The molecular weight excluding hydrogens is 354 g/mol. The highest BCUT2D eigenvalue weighted by atomic mass is 35.5. The molecule has 0 bridgehead atoms. The molecule has 2 N–H and O–H groups in total. The van der Waals surface area contributed by atoms with Gasteiger partial charge in [0.05, 0.1) is 31.1 Å². The molecule has 0 saturated heterocycles. The second-order valence-corrected chi connectivity index (χ2v) is 6.05. The number of fused-ring (bicyclic) bond motifs is 1. The van der Waals surface area contributed by atoms with Gasteiger partial charge in [-0.1, -0.05) is 11.6 Å². The number of urea groups is 1. The third-order valence-electron chi connectivity index (χ3n) is 3.80. The molecule has 6 nitrogen and oxygen atoms in total. The van der Waals surface area contributed by atoms with Crippen molar-refractivity contribution in [2.45, 2.75) is 6.92 Å². The highest BCUT2D eigenvalue weighted by molar-refractivity contribution is 6.31. The van der Waals surface area contributed by atoms with Crippen molar-refractivity contribution in [3.8, 4) is 11.5 Å². The van der Waals surface area contributed by atoms with Crippen LogP contribution in [0, 0.1) is 6.92 Å². The first-order chi connectivity index (χ1) is 12.5. The lowest BCUT2D eigenvalue weighted by Gasteiger charge is -2.14. The summed E-state index contributed by atoms with van der Waals surface area (Å²) in [5.41, 5.74) is 2.63. The molecule has 1 heterocycles. The van der Waals surface area contributed by atoms with Gasteiger partial charge in [-0.15, -0.1) is 0 Å². The maximum absolute atomic E-state index is 12.5. The Morgan fingerprint density at radius 2 is 1.77 bits per heavy atom. The Labute approximate surface area is 156 Å². The lowest BCUT2D eigenvalue weighted by Crippen LogP contribution is -2.20. The summed E-state index contributed by atoms with van der Waals surface area (Å²) in [6.45, 7) is 1.86. The van der Waals surface area contributed by atoms with Crippen molar-refractivity contribution < 1.29 is 14.3 Å². The van der Waals surface area contributed by atoms with Gasteiger partial charge >= 0.3 is 6.03 Å². The standard InChI is InChI=1S/C19H18ClN3O3/c1-11-8-15(14-6-4-12(20)9-16(14)21-11)22-19(24)23-17-10-13(25-2)5-7-18(17)26-3/h4-10H,1-3H3,(H2,21,22,23,24). The molecule has 134 valence electrons. The number of hydrogen-bond donors (Lipinski definition) is 2. The van der Waals surface area contributed by atoms with E-state index in [0.29, 0.717) is 33.4 Å². The Morgan fingerprint density at radius 3 is 2.50 bits per heavy atom. The molecule has 0 fully saturated rings. The number of hydrogen-bond acceptors (Lipinski definition) is 4. The average Bonchev–Trinajstić information content (AvgIpc) is 2.60. The van der Waals surface area contributed by atoms with E-state index >= 15 is 0 Å². The topological polar surface area (TPSA) is 72.5 Å². The van der Waals surface area contributed by atoms with Crippen molar-refractivity contribution >= 4 is 39.9 Å². The number of nitrogens with one attached hydrogen (secondary N) is 2. The number of anilines is 2. The quantitative estimate of drug-likeness (QED) is 0.687. The van der Waals surface area contributed by atoms with Gasteiger partial charge in [0, 0.05) is 22.2 Å². The molecule has 0 aliphatic carbocycles. The highest BCUT2D eigenvalue weighted by Crippen LogP contribution is 2.30. The second kappa shape index (κ2) is 7.49. The van der Waals surface area contributed by atoms with Crippen molar-refractivity contribution in [3.05, 3.63) is 53.2 Å². The Kier molecular flexibility index (Phi) is 5.14. The van der Waals surface area contributed by atoms with Gasteiger partial charge in [-0.25, -0.2) is 4.79 Å². The van der Waals surface area contributed by atoms with Crippen LogP contribution in [-0.4, -0.2) is 25.2 Å². The lowest BCUT2D eigenvalue weighted by molar-refractivity contribution is 0.262. The summed E-state index contributed by atoms with van der Waals surface area (Å²) in [4.78, 5) is 17.0. The van der Waals surface area contributed by atoms with Crippen LogP contribution in [0.3, 0.4) is 0 Å². The predicted molar refractivity (Wildman–Crippen MR) is 104 cm³/mol. The molecule has 1 aromatic heterocycles. The summed E-state index contributed by atoms with van der Waals surface area (Å²) in [6, 6.07) is 11.9. The summed E-state index contributed by atoms with van der Waals surface area (Å²) in [5.74, 6) is 1.14. The Morgan fingerprint density at radius 1 is 1.00 bits per heavy atom. The largest absolute Gasteiger partial charge is 0.497 e. The average molecular weight is 372 g/mol. The fraction of sp³-hybridized carbons (Fsp3) is 0.158. The molecule has 3 aromatic rings. The fourth-order valence-corrected chi connectivity index (χ4v) is 2.79. The van der Waals surface area contributed by atoms with E-state index < -0.39 is 6.03 Å². The van der Waals surface area contributed by atoms with Crippen molar-refractivity contribution in [3.63, 3.8) is 0 Å². The van der Waals surface area contributed by atoms with Crippen molar-refractivity contribution in [2.24, 2.45) is 0 Å². The zero-order chi connectivity index (χ0) is 18.7. The number of methoxy groups -OCH3 is 2. The van der Waals surface area contributed by atoms with E-state index in [0.717, 1.165) is 11.1 Å². The van der Waals surface area contributed by atoms with Crippen LogP contribution in [0.15, 0.2) is 42.5 Å². The number of halogens is 1. The normalized spacial score (nSPS) is 10.5.